The molecule has 0 N–H and O–H groups in total. The van der Waals surface area contributed by atoms with Crippen LogP contribution in [0.25, 0.3) is 41.7 Å². The Morgan fingerprint density at radius 3 is 2.04 bits per heavy atom. The second-order valence-corrected chi connectivity index (χ2v) is 8.97. The van der Waals surface area contributed by atoms with E-state index in [0.29, 0.717) is 0 Å². The van der Waals surface area contributed by atoms with E-state index in [0.717, 1.165) is 10.4 Å². The third-order valence-electron chi connectivity index (χ3n) is 5.15. The van der Waals surface area contributed by atoms with Gasteiger partial charge in [-0.05, 0) is 69.4 Å². The summed E-state index contributed by atoms with van der Waals surface area (Å²) in [5.74, 6) is 6.55. The summed E-state index contributed by atoms with van der Waals surface area (Å²) in [4.78, 5) is 1.10. The monoisotopic (exact) mass is 390 g/mol. The van der Waals surface area contributed by atoms with Crippen molar-refractivity contribution < 1.29 is 0 Å². The van der Waals surface area contributed by atoms with Gasteiger partial charge in [-0.3, -0.25) is 0 Å². The minimum atomic E-state index is 1.06. The number of hydrogen-bond donors (Lipinski definition) is 0. The van der Waals surface area contributed by atoms with Gasteiger partial charge in [-0.15, -0.1) is 22.7 Å². The van der Waals surface area contributed by atoms with Crippen LogP contribution in [0.3, 0.4) is 0 Å². The van der Waals surface area contributed by atoms with Crippen molar-refractivity contribution in [2.75, 3.05) is 0 Å². The van der Waals surface area contributed by atoms with Crippen LogP contribution in [0.15, 0.2) is 84.2 Å². The lowest BCUT2D eigenvalue weighted by atomic mass is 10.0. The Morgan fingerprint density at radius 2 is 1.29 bits per heavy atom. The molecule has 6 rings (SSSR count). The molecule has 2 heteroatoms. The molecule has 0 spiro atoms. The van der Waals surface area contributed by atoms with Crippen molar-refractivity contribution in [1.82, 2.24) is 0 Å². The molecule has 0 aliphatic heterocycles. The fourth-order valence-corrected chi connectivity index (χ4v) is 5.50. The zero-order valence-electron chi connectivity index (χ0n) is 14.9. The van der Waals surface area contributed by atoms with Gasteiger partial charge in [0.1, 0.15) is 0 Å². The van der Waals surface area contributed by atoms with Crippen molar-refractivity contribution >= 4 is 64.4 Å². The van der Waals surface area contributed by atoms with Crippen LogP contribution in [0.5, 0.6) is 0 Å². The third-order valence-corrected chi connectivity index (χ3v) is 7.05. The Labute approximate surface area is 170 Å². The maximum absolute atomic E-state index is 3.30. The number of fused-ring (bicyclic) bond motifs is 5. The molecule has 0 bridgehead atoms. The first-order valence-corrected chi connectivity index (χ1v) is 10.9. The zero-order valence-corrected chi connectivity index (χ0v) is 16.5. The Morgan fingerprint density at radius 1 is 0.571 bits per heavy atom. The molecule has 2 heterocycles. The van der Waals surface area contributed by atoms with Gasteiger partial charge >= 0.3 is 0 Å². The van der Waals surface area contributed by atoms with Gasteiger partial charge in [0.15, 0.2) is 0 Å². The predicted molar refractivity (Wildman–Crippen MR) is 125 cm³/mol. The summed E-state index contributed by atoms with van der Waals surface area (Å²) in [5.41, 5.74) is 1.06. The maximum Gasteiger partial charge on any atom is 0.0772 e. The largest absolute Gasteiger partial charge is 0.135 e. The summed E-state index contributed by atoms with van der Waals surface area (Å²) in [6, 6.07) is 28.5. The number of hydrogen-bond acceptors (Lipinski definition) is 2. The van der Waals surface area contributed by atoms with Crippen LogP contribution in [0, 0.1) is 11.8 Å². The third kappa shape index (κ3) is 2.60. The molecule has 0 unspecified atom stereocenters. The van der Waals surface area contributed by atoms with E-state index in [2.05, 4.69) is 90.0 Å². The summed E-state index contributed by atoms with van der Waals surface area (Å²) in [6.07, 6.45) is 0. The highest BCUT2D eigenvalue weighted by Gasteiger charge is 2.08. The van der Waals surface area contributed by atoms with Crippen molar-refractivity contribution in [2.45, 2.75) is 0 Å². The van der Waals surface area contributed by atoms with Gasteiger partial charge in [0.05, 0.1) is 4.88 Å². The quantitative estimate of drug-likeness (QED) is 0.232. The lowest BCUT2D eigenvalue weighted by molar-refractivity contribution is 1.72. The van der Waals surface area contributed by atoms with E-state index in [4.69, 9.17) is 0 Å². The normalized spacial score (nSPS) is 11.3. The van der Waals surface area contributed by atoms with Crippen molar-refractivity contribution in [1.29, 1.82) is 0 Å². The van der Waals surface area contributed by atoms with Crippen LogP contribution in [0.4, 0.5) is 0 Å². The molecule has 0 aliphatic carbocycles. The predicted octanol–water partition coefficient (Wildman–Crippen LogP) is 7.82. The number of thiophene rings is 2. The minimum absolute atomic E-state index is 1.06. The Bertz CT molecular complexity index is 1550. The second-order valence-electron chi connectivity index (χ2n) is 6.94. The molecule has 0 atom stereocenters. The highest BCUT2D eigenvalue weighted by atomic mass is 32.1. The molecule has 0 fully saturated rings. The topological polar surface area (TPSA) is 0 Å². The van der Waals surface area contributed by atoms with E-state index >= 15 is 0 Å². The van der Waals surface area contributed by atoms with E-state index in [1.807, 2.05) is 17.4 Å². The van der Waals surface area contributed by atoms with Gasteiger partial charge in [0.25, 0.3) is 0 Å². The first-order chi connectivity index (χ1) is 13.8. The Hall–Kier alpha value is -3.12. The molecule has 2 aromatic heterocycles. The van der Waals surface area contributed by atoms with E-state index in [-0.39, 0.29) is 0 Å². The second kappa shape index (κ2) is 6.21. The van der Waals surface area contributed by atoms with Gasteiger partial charge in [0.2, 0.25) is 0 Å². The summed E-state index contributed by atoms with van der Waals surface area (Å²) < 4.78 is 2.68. The van der Waals surface area contributed by atoms with E-state index < -0.39 is 0 Å². The Balaban J connectivity index is 1.55. The summed E-state index contributed by atoms with van der Waals surface area (Å²) in [5, 5.41) is 9.87. The smallest absolute Gasteiger partial charge is 0.0772 e. The van der Waals surface area contributed by atoms with Crippen molar-refractivity contribution in [3.8, 4) is 11.8 Å². The fourth-order valence-electron chi connectivity index (χ4n) is 3.77. The minimum Gasteiger partial charge on any atom is -0.135 e. The SMILES string of the molecule is C(#Cc1cccs1)c1ccc2cc3c(cc2c1)sc1cc2ccccc2cc13. The Kier molecular flexibility index (Phi) is 3.52. The van der Waals surface area contributed by atoms with Gasteiger partial charge in [-0.1, -0.05) is 48.2 Å². The molecule has 4 aromatic carbocycles. The molecule has 130 valence electrons. The average Bonchev–Trinajstić information content (AvgIpc) is 3.36. The van der Waals surface area contributed by atoms with E-state index in [9.17, 15) is 0 Å². The van der Waals surface area contributed by atoms with E-state index in [1.54, 1.807) is 11.3 Å². The van der Waals surface area contributed by atoms with Crippen LogP contribution in [0.2, 0.25) is 0 Å². The first-order valence-electron chi connectivity index (χ1n) is 9.18. The molecule has 0 saturated heterocycles. The van der Waals surface area contributed by atoms with Gasteiger partial charge in [0, 0.05) is 25.7 Å². The van der Waals surface area contributed by atoms with Gasteiger partial charge < -0.3 is 0 Å². The lowest BCUT2D eigenvalue weighted by Gasteiger charge is -2.01. The average molecular weight is 391 g/mol. The molecular weight excluding hydrogens is 376 g/mol. The van der Waals surface area contributed by atoms with Crippen LogP contribution < -0.4 is 0 Å². The van der Waals surface area contributed by atoms with Gasteiger partial charge in [-0.25, -0.2) is 0 Å². The summed E-state index contributed by atoms with van der Waals surface area (Å²) in [7, 11) is 0. The van der Waals surface area contributed by atoms with Crippen LogP contribution in [-0.2, 0) is 0 Å². The summed E-state index contributed by atoms with van der Waals surface area (Å²) >= 11 is 3.55. The molecule has 0 saturated carbocycles. The first kappa shape index (κ1) is 15.9. The molecule has 0 nitrogen and oxygen atoms in total. The molecular formula is C26H14S2. The van der Waals surface area contributed by atoms with E-state index in [1.165, 1.54) is 41.7 Å². The molecule has 0 aliphatic rings. The number of rotatable bonds is 0. The molecule has 6 aromatic rings. The van der Waals surface area contributed by atoms with Crippen molar-refractivity contribution in [3.63, 3.8) is 0 Å². The van der Waals surface area contributed by atoms with Gasteiger partial charge in [-0.2, -0.15) is 0 Å². The highest BCUT2D eigenvalue weighted by Crippen LogP contribution is 2.38. The number of benzene rings is 4. The van der Waals surface area contributed by atoms with Crippen LogP contribution >= 0.6 is 22.7 Å². The molecule has 0 radical (unpaired) electrons. The zero-order chi connectivity index (χ0) is 18.5. The lowest BCUT2D eigenvalue weighted by Crippen LogP contribution is -1.78. The highest BCUT2D eigenvalue weighted by molar-refractivity contribution is 7.26. The van der Waals surface area contributed by atoms with Crippen LogP contribution in [-0.4, -0.2) is 0 Å². The molecule has 0 amide bonds. The molecule has 28 heavy (non-hydrogen) atoms. The van der Waals surface area contributed by atoms with Crippen molar-refractivity contribution in [3.05, 3.63) is 94.7 Å². The standard InChI is InChI=1S/C26H14S2/c1-2-5-19-15-25-23(13-18(19)4-1)24-14-20-9-7-17(8-10-22-6-3-11-27-22)12-21(20)16-26(24)28-25/h1-7,9,11-16H. The summed E-state index contributed by atoms with van der Waals surface area (Å²) in [6.45, 7) is 0. The fraction of sp³-hybridized carbons (Fsp3) is 0. The van der Waals surface area contributed by atoms with Crippen LogP contribution in [0.1, 0.15) is 10.4 Å². The maximum atomic E-state index is 3.30. The van der Waals surface area contributed by atoms with Crippen molar-refractivity contribution in [2.24, 2.45) is 0 Å².